The Labute approximate surface area is 179 Å². The Morgan fingerprint density at radius 2 is 2.03 bits per heavy atom. The number of hydrogen-bond acceptors (Lipinski definition) is 5. The summed E-state index contributed by atoms with van der Waals surface area (Å²) in [7, 11) is 1.66. The van der Waals surface area contributed by atoms with Gasteiger partial charge >= 0.3 is 0 Å². The smallest absolute Gasteiger partial charge is 0.233 e. The van der Waals surface area contributed by atoms with Gasteiger partial charge < -0.3 is 9.80 Å². The number of carbonyl (C=O) groups is 1. The highest BCUT2D eigenvalue weighted by Crippen LogP contribution is 2.41. The molecule has 29 heavy (non-hydrogen) atoms. The molecule has 0 unspecified atom stereocenters. The molecule has 0 bridgehead atoms. The van der Waals surface area contributed by atoms with E-state index < -0.39 is 5.82 Å². The lowest BCUT2D eigenvalue weighted by Gasteiger charge is -2.27. The molecule has 2 aromatic rings. The van der Waals surface area contributed by atoms with Crippen LogP contribution in [0.4, 0.5) is 10.3 Å². The summed E-state index contributed by atoms with van der Waals surface area (Å²) < 4.78 is 16.2. The van der Waals surface area contributed by atoms with Crippen molar-refractivity contribution in [2.45, 2.75) is 49.8 Å². The van der Waals surface area contributed by atoms with Crippen LogP contribution in [0.3, 0.4) is 0 Å². The summed E-state index contributed by atoms with van der Waals surface area (Å²) in [4.78, 5) is 16.4. The maximum atomic E-state index is 14.0. The van der Waals surface area contributed by atoms with Gasteiger partial charge in [-0.15, -0.1) is 10.2 Å². The number of benzene rings is 1. The van der Waals surface area contributed by atoms with Crippen molar-refractivity contribution < 1.29 is 9.18 Å². The Morgan fingerprint density at radius 3 is 2.72 bits per heavy atom. The molecule has 2 aliphatic rings. The van der Waals surface area contributed by atoms with Crippen LogP contribution in [0.25, 0.3) is 0 Å². The number of rotatable bonds is 7. The lowest BCUT2D eigenvalue weighted by Crippen LogP contribution is -2.32. The molecular weight excluding hydrogens is 413 g/mol. The fourth-order valence-electron chi connectivity index (χ4n) is 3.57. The van der Waals surface area contributed by atoms with E-state index in [-0.39, 0.29) is 18.2 Å². The molecule has 9 heteroatoms. The van der Waals surface area contributed by atoms with E-state index in [1.165, 1.54) is 42.0 Å². The quantitative estimate of drug-likeness (QED) is 0.609. The van der Waals surface area contributed by atoms with Crippen molar-refractivity contribution in [2.24, 2.45) is 0 Å². The predicted molar refractivity (Wildman–Crippen MR) is 113 cm³/mol. The zero-order valence-corrected chi connectivity index (χ0v) is 18.1. The normalized spacial score (nSPS) is 16.9. The minimum Gasteiger partial charge on any atom is -0.341 e. The van der Waals surface area contributed by atoms with Gasteiger partial charge in [0.15, 0.2) is 5.16 Å². The second-order valence-corrected chi connectivity index (χ2v) is 9.02. The first-order chi connectivity index (χ1) is 14.0. The van der Waals surface area contributed by atoms with Gasteiger partial charge in [-0.3, -0.25) is 9.36 Å². The highest BCUT2D eigenvalue weighted by molar-refractivity contribution is 7.99. The zero-order chi connectivity index (χ0) is 20.4. The summed E-state index contributed by atoms with van der Waals surface area (Å²) >= 11 is 7.48. The number of piperidine rings is 1. The Hall–Kier alpha value is -1.80. The van der Waals surface area contributed by atoms with Gasteiger partial charge in [-0.2, -0.15) is 0 Å². The Balaban J connectivity index is 1.41. The van der Waals surface area contributed by atoms with E-state index in [0.29, 0.717) is 16.6 Å². The number of hydrogen-bond donors (Lipinski definition) is 0. The van der Waals surface area contributed by atoms with Gasteiger partial charge in [0.1, 0.15) is 5.82 Å². The van der Waals surface area contributed by atoms with Crippen molar-refractivity contribution >= 4 is 35.2 Å². The molecule has 0 atom stereocenters. The SMILES string of the molecule is CN(Cc1c(F)cccc1Cl)C(=O)CSc1nnc(N2CCCCC2)n1C1CC1. The third-order valence-electron chi connectivity index (χ3n) is 5.40. The maximum Gasteiger partial charge on any atom is 0.233 e. The van der Waals surface area contributed by atoms with Gasteiger partial charge in [0, 0.05) is 43.3 Å². The van der Waals surface area contributed by atoms with Crippen LogP contribution in [-0.4, -0.2) is 51.5 Å². The number of carbonyl (C=O) groups excluding carboxylic acids is 1. The minimum absolute atomic E-state index is 0.0980. The highest BCUT2D eigenvalue weighted by atomic mass is 35.5. The van der Waals surface area contributed by atoms with E-state index in [0.717, 1.165) is 37.0 Å². The summed E-state index contributed by atoms with van der Waals surface area (Å²) in [6, 6.07) is 4.99. The second-order valence-electron chi connectivity index (χ2n) is 7.67. The second kappa shape index (κ2) is 8.92. The molecule has 4 rings (SSSR count). The van der Waals surface area contributed by atoms with Crippen LogP contribution in [0.15, 0.2) is 23.4 Å². The molecule has 1 aromatic heterocycles. The van der Waals surface area contributed by atoms with E-state index in [9.17, 15) is 9.18 Å². The van der Waals surface area contributed by atoms with Crippen LogP contribution < -0.4 is 4.90 Å². The lowest BCUT2D eigenvalue weighted by molar-refractivity contribution is -0.127. The molecule has 1 aliphatic carbocycles. The molecule has 156 valence electrons. The molecule has 1 aromatic carbocycles. The van der Waals surface area contributed by atoms with Crippen molar-refractivity contribution in [3.05, 3.63) is 34.6 Å². The van der Waals surface area contributed by atoms with Crippen molar-refractivity contribution in [3.8, 4) is 0 Å². The summed E-state index contributed by atoms with van der Waals surface area (Å²) in [6.07, 6.45) is 5.89. The van der Waals surface area contributed by atoms with Crippen molar-refractivity contribution in [2.75, 3.05) is 30.8 Å². The number of aromatic nitrogens is 3. The van der Waals surface area contributed by atoms with E-state index in [2.05, 4.69) is 19.7 Å². The van der Waals surface area contributed by atoms with Gasteiger partial charge in [0.05, 0.1) is 5.75 Å². The van der Waals surface area contributed by atoms with Gasteiger partial charge in [-0.25, -0.2) is 4.39 Å². The van der Waals surface area contributed by atoms with Crippen LogP contribution in [0.5, 0.6) is 0 Å². The van der Waals surface area contributed by atoms with Crippen LogP contribution in [-0.2, 0) is 11.3 Å². The highest BCUT2D eigenvalue weighted by Gasteiger charge is 2.32. The van der Waals surface area contributed by atoms with Crippen molar-refractivity contribution in [1.29, 1.82) is 0 Å². The summed E-state index contributed by atoms with van der Waals surface area (Å²) in [5.74, 6) is 0.672. The average Bonchev–Trinajstić information content (AvgIpc) is 3.48. The fourth-order valence-corrected chi connectivity index (χ4v) is 4.74. The largest absolute Gasteiger partial charge is 0.341 e. The third kappa shape index (κ3) is 4.69. The number of amides is 1. The lowest BCUT2D eigenvalue weighted by atomic mass is 10.1. The zero-order valence-electron chi connectivity index (χ0n) is 16.5. The standard InChI is InChI=1S/C20H25ClFN5OS/c1-25(12-15-16(21)6-5-7-17(15)22)18(28)13-29-20-24-23-19(27(20)14-8-9-14)26-10-3-2-4-11-26/h5-7,14H,2-4,8-13H2,1H3. The molecule has 0 radical (unpaired) electrons. The molecular formula is C20H25ClFN5OS. The number of nitrogens with zero attached hydrogens (tertiary/aromatic N) is 5. The van der Waals surface area contributed by atoms with Crippen molar-refractivity contribution in [1.82, 2.24) is 19.7 Å². The molecule has 1 saturated heterocycles. The molecule has 1 aliphatic heterocycles. The molecule has 0 N–H and O–H groups in total. The van der Waals surface area contributed by atoms with Gasteiger partial charge in [-0.05, 0) is 44.2 Å². The maximum absolute atomic E-state index is 14.0. The van der Waals surface area contributed by atoms with Crippen LogP contribution in [0.1, 0.15) is 43.7 Å². The first-order valence-electron chi connectivity index (χ1n) is 10.0. The van der Waals surface area contributed by atoms with Crippen LogP contribution in [0, 0.1) is 5.82 Å². The van der Waals surface area contributed by atoms with Gasteiger partial charge in [-0.1, -0.05) is 29.4 Å². The van der Waals surface area contributed by atoms with E-state index in [1.807, 2.05) is 0 Å². The third-order valence-corrected chi connectivity index (χ3v) is 6.69. The van der Waals surface area contributed by atoms with Gasteiger partial charge in [0.2, 0.25) is 11.9 Å². The molecule has 1 amide bonds. The number of thioether (sulfide) groups is 1. The fraction of sp³-hybridized carbons (Fsp3) is 0.550. The molecule has 2 fully saturated rings. The van der Waals surface area contributed by atoms with Crippen LogP contribution >= 0.6 is 23.4 Å². The average molecular weight is 438 g/mol. The summed E-state index contributed by atoms with van der Waals surface area (Å²) in [6.45, 7) is 2.17. The predicted octanol–water partition coefficient (Wildman–Crippen LogP) is 4.15. The van der Waals surface area contributed by atoms with E-state index in [1.54, 1.807) is 19.2 Å². The van der Waals surface area contributed by atoms with Crippen LogP contribution in [0.2, 0.25) is 5.02 Å². The molecule has 2 heterocycles. The first-order valence-corrected chi connectivity index (χ1v) is 11.4. The summed E-state index contributed by atoms with van der Waals surface area (Å²) in [5.41, 5.74) is 0.337. The van der Waals surface area contributed by atoms with Gasteiger partial charge in [0.25, 0.3) is 0 Å². The Kier molecular flexibility index (Phi) is 6.29. The van der Waals surface area contributed by atoms with E-state index >= 15 is 0 Å². The first kappa shape index (κ1) is 20.5. The Bertz CT molecular complexity index is 862. The number of anilines is 1. The Morgan fingerprint density at radius 1 is 1.28 bits per heavy atom. The van der Waals surface area contributed by atoms with E-state index in [4.69, 9.17) is 11.6 Å². The topological polar surface area (TPSA) is 54.3 Å². The van der Waals surface area contributed by atoms with Crippen molar-refractivity contribution in [3.63, 3.8) is 0 Å². The minimum atomic E-state index is -0.399. The number of halogens is 2. The molecule has 1 saturated carbocycles. The molecule has 0 spiro atoms. The molecule has 6 nitrogen and oxygen atoms in total. The summed E-state index contributed by atoms with van der Waals surface area (Å²) in [5, 5.41) is 9.94. The monoisotopic (exact) mass is 437 g/mol.